The third kappa shape index (κ3) is 7.97. The van der Waals surface area contributed by atoms with Gasteiger partial charge in [-0.2, -0.15) is 0 Å². The predicted octanol–water partition coefficient (Wildman–Crippen LogP) is 7.03. The van der Waals surface area contributed by atoms with Crippen molar-refractivity contribution in [2.45, 2.75) is 58.3 Å². The fourth-order valence-electron chi connectivity index (χ4n) is 4.68. The Morgan fingerprint density at radius 3 is 2.10 bits per heavy atom. The number of methoxy groups -OCH3 is 1. The summed E-state index contributed by atoms with van der Waals surface area (Å²) in [4.78, 5) is 38.8. The molecule has 0 saturated heterocycles. The molecule has 0 bridgehead atoms. The van der Waals surface area contributed by atoms with Crippen LogP contribution in [-0.4, -0.2) is 39.5 Å². The van der Waals surface area contributed by atoms with E-state index in [1.165, 1.54) is 11.8 Å². The molecule has 4 rings (SSSR count). The number of rotatable bonds is 11. The van der Waals surface area contributed by atoms with Crippen molar-refractivity contribution >= 4 is 29.3 Å². The van der Waals surface area contributed by atoms with Crippen molar-refractivity contribution in [3.63, 3.8) is 0 Å². The number of benzene rings is 3. The smallest absolute Gasteiger partial charge is 0.251 e. The molecule has 7 nitrogen and oxygen atoms in total. The van der Waals surface area contributed by atoms with E-state index in [2.05, 4.69) is 29.1 Å². The molecular formula is C34H38N4O3S. The van der Waals surface area contributed by atoms with Gasteiger partial charge in [-0.3, -0.25) is 9.59 Å². The van der Waals surface area contributed by atoms with Gasteiger partial charge in [-0.05, 0) is 79.3 Å². The summed E-state index contributed by atoms with van der Waals surface area (Å²) in [6.07, 6.45) is 0. The Morgan fingerprint density at radius 1 is 0.881 bits per heavy atom. The van der Waals surface area contributed by atoms with E-state index < -0.39 is 6.04 Å². The number of carbonyl (C=O) groups is 2. The van der Waals surface area contributed by atoms with Crippen LogP contribution in [0, 0.1) is 20.8 Å². The van der Waals surface area contributed by atoms with Gasteiger partial charge in [-0.25, -0.2) is 9.97 Å². The molecule has 3 aromatic carbocycles. The number of nitrogens with one attached hydrogen (secondary N) is 1. The second kappa shape index (κ2) is 14.1. The Labute approximate surface area is 252 Å². The molecule has 0 aliphatic heterocycles. The average molecular weight is 583 g/mol. The van der Waals surface area contributed by atoms with E-state index in [-0.39, 0.29) is 24.1 Å². The highest BCUT2D eigenvalue weighted by Gasteiger charge is 2.32. The molecule has 1 unspecified atom stereocenters. The minimum Gasteiger partial charge on any atom is -0.497 e. The normalized spacial score (nSPS) is 11.7. The number of aryl methyl sites for hydroxylation is 3. The van der Waals surface area contributed by atoms with Crippen LogP contribution in [0.1, 0.15) is 59.4 Å². The summed E-state index contributed by atoms with van der Waals surface area (Å²) in [6.45, 7) is 10.4. The molecule has 8 heteroatoms. The number of amides is 2. The summed E-state index contributed by atoms with van der Waals surface area (Å²) < 4.78 is 5.27. The largest absolute Gasteiger partial charge is 0.497 e. The van der Waals surface area contributed by atoms with Crippen LogP contribution in [-0.2, 0) is 16.1 Å². The average Bonchev–Trinajstić information content (AvgIpc) is 2.96. The first-order chi connectivity index (χ1) is 20.1. The lowest BCUT2D eigenvalue weighted by Crippen LogP contribution is -2.42. The molecular weight excluding hydrogens is 544 g/mol. The first-order valence-electron chi connectivity index (χ1n) is 14.0. The highest BCUT2D eigenvalue weighted by molar-refractivity contribution is 7.99. The second-order valence-electron chi connectivity index (χ2n) is 10.6. The Morgan fingerprint density at radius 2 is 1.50 bits per heavy atom. The van der Waals surface area contributed by atoms with Crippen molar-refractivity contribution in [2.75, 3.05) is 18.2 Å². The van der Waals surface area contributed by atoms with Crippen LogP contribution < -0.4 is 10.1 Å². The van der Waals surface area contributed by atoms with Gasteiger partial charge in [0.15, 0.2) is 5.16 Å². The molecule has 2 amide bonds. The summed E-state index contributed by atoms with van der Waals surface area (Å²) >= 11 is 1.28. The van der Waals surface area contributed by atoms with Gasteiger partial charge in [-0.1, -0.05) is 74.1 Å². The number of ether oxygens (including phenoxy) is 1. The molecule has 0 saturated carbocycles. The Bertz CT molecular complexity index is 1500. The van der Waals surface area contributed by atoms with E-state index in [0.29, 0.717) is 22.5 Å². The summed E-state index contributed by atoms with van der Waals surface area (Å²) in [5, 5.41) is 3.57. The third-order valence-electron chi connectivity index (χ3n) is 7.05. The van der Waals surface area contributed by atoms with Gasteiger partial charge in [0.2, 0.25) is 5.91 Å². The fourth-order valence-corrected chi connectivity index (χ4v) is 5.52. The van der Waals surface area contributed by atoms with Gasteiger partial charge in [0.25, 0.3) is 5.91 Å². The van der Waals surface area contributed by atoms with Gasteiger partial charge in [-0.15, -0.1) is 0 Å². The van der Waals surface area contributed by atoms with Crippen molar-refractivity contribution in [1.29, 1.82) is 0 Å². The molecule has 1 atom stereocenters. The van der Waals surface area contributed by atoms with E-state index in [1.54, 1.807) is 36.3 Å². The highest BCUT2D eigenvalue weighted by atomic mass is 32.2. The van der Waals surface area contributed by atoms with E-state index in [1.807, 2.05) is 75.4 Å². The first-order valence-corrected chi connectivity index (χ1v) is 15.0. The van der Waals surface area contributed by atoms with Crippen LogP contribution in [0.5, 0.6) is 5.75 Å². The predicted molar refractivity (Wildman–Crippen MR) is 169 cm³/mol. The van der Waals surface area contributed by atoms with E-state index >= 15 is 0 Å². The van der Waals surface area contributed by atoms with Gasteiger partial charge in [0.05, 0.1) is 12.9 Å². The van der Waals surface area contributed by atoms with Crippen LogP contribution in [0.25, 0.3) is 0 Å². The Hall–Kier alpha value is -4.17. The van der Waals surface area contributed by atoms with Crippen LogP contribution in [0.4, 0.5) is 5.69 Å². The van der Waals surface area contributed by atoms with Crippen LogP contribution in [0.15, 0.2) is 84.0 Å². The number of aromatic nitrogens is 2. The summed E-state index contributed by atoms with van der Waals surface area (Å²) in [6, 6.07) is 24.1. The summed E-state index contributed by atoms with van der Waals surface area (Å²) in [7, 11) is 1.60. The number of hydrogen-bond donors (Lipinski definition) is 1. The molecule has 1 aromatic heterocycles. The molecule has 42 heavy (non-hydrogen) atoms. The standard InChI is InChI=1S/C34H38N4O3S/c1-22(2)26-11-13-27(14-12-26)32(33(40)37-29-15-17-30(41-6)18-16-29)38(20-28-10-8-7-9-23(28)3)31(39)21-42-34-35-24(4)19-25(5)36-34/h7-19,22,32H,20-21H2,1-6H3,(H,37,40). The van der Waals surface area contributed by atoms with Crippen molar-refractivity contribution < 1.29 is 14.3 Å². The van der Waals surface area contributed by atoms with E-state index in [9.17, 15) is 9.59 Å². The summed E-state index contributed by atoms with van der Waals surface area (Å²) in [5.41, 5.74) is 6.22. The lowest BCUT2D eigenvalue weighted by Gasteiger charge is -2.32. The van der Waals surface area contributed by atoms with Gasteiger partial charge in [0, 0.05) is 23.6 Å². The van der Waals surface area contributed by atoms with E-state index in [4.69, 9.17) is 4.74 Å². The fraction of sp³-hybridized carbons (Fsp3) is 0.294. The lowest BCUT2D eigenvalue weighted by atomic mass is 9.97. The molecule has 1 N–H and O–H groups in total. The number of thioether (sulfide) groups is 1. The maximum absolute atomic E-state index is 14.1. The van der Waals surface area contributed by atoms with Gasteiger partial charge < -0.3 is 15.0 Å². The van der Waals surface area contributed by atoms with Gasteiger partial charge in [0.1, 0.15) is 11.8 Å². The third-order valence-corrected chi connectivity index (χ3v) is 7.88. The minimum atomic E-state index is -0.874. The second-order valence-corrected chi connectivity index (χ2v) is 11.6. The number of carbonyl (C=O) groups excluding carboxylic acids is 2. The van der Waals surface area contributed by atoms with Crippen molar-refractivity contribution in [1.82, 2.24) is 14.9 Å². The Kier molecular flexibility index (Phi) is 10.4. The molecule has 0 fully saturated rings. The maximum Gasteiger partial charge on any atom is 0.251 e. The SMILES string of the molecule is COc1ccc(NC(=O)C(c2ccc(C(C)C)cc2)N(Cc2ccccc2C)C(=O)CSc2nc(C)cc(C)n2)cc1. The monoisotopic (exact) mass is 582 g/mol. The van der Waals surface area contributed by atoms with Crippen LogP contribution >= 0.6 is 11.8 Å². The molecule has 0 aliphatic carbocycles. The number of hydrogen-bond acceptors (Lipinski definition) is 6. The van der Waals surface area contributed by atoms with E-state index in [0.717, 1.165) is 33.6 Å². The molecule has 218 valence electrons. The Balaban J connectivity index is 1.73. The molecule has 0 spiro atoms. The minimum absolute atomic E-state index is 0.0885. The lowest BCUT2D eigenvalue weighted by molar-refractivity contribution is -0.137. The molecule has 0 aliphatic rings. The van der Waals surface area contributed by atoms with Crippen LogP contribution in [0.3, 0.4) is 0 Å². The summed E-state index contributed by atoms with van der Waals surface area (Å²) in [5.74, 6) is 0.631. The number of anilines is 1. The van der Waals surface area contributed by atoms with Crippen molar-refractivity contribution in [3.05, 3.63) is 113 Å². The molecule has 0 radical (unpaired) electrons. The van der Waals surface area contributed by atoms with Crippen molar-refractivity contribution in [3.8, 4) is 5.75 Å². The topological polar surface area (TPSA) is 84.4 Å². The zero-order valence-electron chi connectivity index (χ0n) is 25.0. The zero-order valence-corrected chi connectivity index (χ0v) is 25.9. The van der Waals surface area contributed by atoms with Gasteiger partial charge >= 0.3 is 0 Å². The molecule has 1 heterocycles. The van der Waals surface area contributed by atoms with Crippen molar-refractivity contribution in [2.24, 2.45) is 0 Å². The first kappa shape index (κ1) is 30.8. The number of nitrogens with zero attached hydrogens (tertiary/aromatic N) is 3. The quantitative estimate of drug-likeness (QED) is 0.151. The molecule has 4 aromatic rings. The zero-order chi connectivity index (χ0) is 30.2. The highest BCUT2D eigenvalue weighted by Crippen LogP contribution is 2.29. The van der Waals surface area contributed by atoms with Crippen LogP contribution in [0.2, 0.25) is 0 Å². The maximum atomic E-state index is 14.1.